The summed E-state index contributed by atoms with van der Waals surface area (Å²) in [5, 5.41) is 8.73. The third-order valence-corrected chi connectivity index (χ3v) is 4.53. The SMILES string of the molecule is COCC1CCN(C(=O)c2cc(C)c(C#CCO)s2)C1. The minimum absolute atomic E-state index is 0.0775. The van der Waals surface area contributed by atoms with Crippen LogP contribution in [0.2, 0.25) is 0 Å². The summed E-state index contributed by atoms with van der Waals surface area (Å²) in [6, 6.07) is 1.89. The molecule has 1 atom stereocenters. The van der Waals surface area contributed by atoms with Crippen molar-refractivity contribution >= 4 is 17.2 Å². The first kappa shape index (κ1) is 15.0. The normalized spacial score (nSPS) is 17.9. The number of thiophene rings is 1. The van der Waals surface area contributed by atoms with E-state index in [2.05, 4.69) is 11.8 Å². The summed E-state index contributed by atoms with van der Waals surface area (Å²) in [6.07, 6.45) is 1.00. The number of amides is 1. The van der Waals surface area contributed by atoms with Crippen molar-refractivity contribution in [2.75, 3.05) is 33.4 Å². The third kappa shape index (κ3) is 3.40. The van der Waals surface area contributed by atoms with Crippen molar-refractivity contribution in [3.05, 3.63) is 21.4 Å². The highest BCUT2D eigenvalue weighted by Crippen LogP contribution is 2.25. The quantitative estimate of drug-likeness (QED) is 0.860. The van der Waals surface area contributed by atoms with Gasteiger partial charge in [-0.05, 0) is 25.0 Å². The highest BCUT2D eigenvalue weighted by molar-refractivity contribution is 7.14. The lowest BCUT2D eigenvalue weighted by atomic mass is 10.1. The maximum absolute atomic E-state index is 12.4. The summed E-state index contributed by atoms with van der Waals surface area (Å²) in [7, 11) is 1.69. The molecule has 1 aliphatic heterocycles. The Kier molecular flexibility index (Phi) is 5.18. The van der Waals surface area contributed by atoms with Gasteiger partial charge in [-0.3, -0.25) is 4.79 Å². The van der Waals surface area contributed by atoms with Crippen LogP contribution in [0.15, 0.2) is 6.07 Å². The van der Waals surface area contributed by atoms with E-state index in [0.29, 0.717) is 12.5 Å². The van der Waals surface area contributed by atoms with E-state index in [1.165, 1.54) is 11.3 Å². The molecule has 1 aromatic heterocycles. The average molecular weight is 293 g/mol. The number of hydrogen-bond acceptors (Lipinski definition) is 4. The molecule has 4 nitrogen and oxygen atoms in total. The van der Waals surface area contributed by atoms with Crippen LogP contribution >= 0.6 is 11.3 Å². The van der Waals surface area contributed by atoms with E-state index in [1.54, 1.807) is 7.11 Å². The van der Waals surface area contributed by atoms with Crippen LogP contribution in [-0.2, 0) is 4.74 Å². The molecule has 1 fully saturated rings. The summed E-state index contributed by atoms with van der Waals surface area (Å²) < 4.78 is 5.15. The Hall–Kier alpha value is -1.35. The van der Waals surface area contributed by atoms with Gasteiger partial charge >= 0.3 is 0 Å². The average Bonchev–Trinajstić information content (AvgIpc) is 3.03. The number of aliphatic hydroxyl groups is 1. The third-order valence-electron chi connectivity index (χ3n) is 3.38. The number of carbonyl (C=O) groups is 1. The molecule has 0 aromatic carbocycles. The van der Waals surface area contributed by atoms with Crippen LogP contribution in [0.1, 0.15) is 26.5 Å². The molecule has 1 unspecified atom stereocenters. The van der Waals surface area contributed by atoms with Crippen molar-refractivity contribution in [2.24, 2.45) is 5.92 Å². The molecular formula is C15H19NO3S. The monoisotopic (exact) mass is 293 g/mol. The molecule has 0 bridgehead atoms. The fourth-order valence-electron chi connectivity index (χ4n) is 2.38. The lowest BCUT2D eigenvalue weighted by Crippen LogP contribution is -2.28. The van der Waals surface area contributed by atoms with Gasteiger partial charge in [0.2, 0.25) is 0 Å². The Bertz CT molecular complexity index is 541. The second kappa shape index (κ2) is 6.89. The van der Waals surface area contributed by atoms with Gasteiger partial charge in [0.25, 0.3) is 5.91 Å². The Labute approximate surface area is 123 Å². The number of nitrogens with zero attached hydrogens (tertiary/aromatic N) is 1. The first-order valence-electron chi connectivity index (χ1n) is 6.64. The van der Waals surface area contributed by atoms with Gasteiger partial charge in [-0.15, -0.1) is 11.3 Å². The molecule has 0 saturated carbocycles. The highest BCUT2D eigenvalue weighted by Gasteiger charge is 2.27. The number of methoxy groups -OCH3 is 1. The Balaban J connectivity index is 2.07. The Morgan fingerprint density at radius 3 is 3.15 bits per heavy atom. The number of carbonyl (C=O) groups excluding carboxylic acids is 1. The molecule has 1 aliphatic rings. The van der Waals surface area contributed by atoms with Gasteiger partial charge < -0.3 is 14.7 Å². The molecule has 108 valence electrons. The van der Waals surface area contributed by atoms with Crippen LogP contribution in [0.25, 0.3) is 0 Å². The zero-order valence-corrected chi connectivity index (χ0v) is 12.6. The highest BCUT2D eigenvalue weighted by atomic mass is 32.1. The molecular weight excluding hydrogens is 274 g/mol. The maximum atomic E-state index is 12.4. The predicted octanol–water partition coefficient (Wildman–Crippen LogP) is 1.51. The van der Waals surface area contributed by atoms with E-state index in [4.69, 9.17) is 9.84 Å². The zero-order valence-electron chi connectivity index (χ0n) is 11.8. The molecule has 1 N–H and O–H groups in total. The van der Waals surface area contributed by atoms with E-state index in [-0.39, 0.29) is 12.5 Å². The van der Waals surface area contributed by atoms with Crippen LogP contribution in [0.4, 0.5) is 0 Å². The van der Waals surface area contributed by atoms with E-state index in [9.17, 15) is 4.79 Å². The second-order valence-electron chi connectivity index (χ2n) is 4.94. The van der Waals surface area contributed by atoms with Crippen LogP contribution in [0.3, 0.4) is 0 Å². The van der Waals surface area contributed by atoms with Gasteiger partial charge in [-0.2, -0.15) is 0 Å². The number of hydrogen-bond donors (Lipinski definition) is 1. The molecule has 0 aliphatic carbocycles. The number of aliphatic hydroxyl groups excluding tert-OH is 1. The van der Waals surface area contributed by atoms with Crippen molar-refractivity contribution in [3.63, 3.8) is 0 Å². The summed E-state index contributed by atoms with van der Waals surface area (Å²) >= 11 is 1.40. The molecule has 0 radical (unpaired) electrons. The summed E-state index contributed by atoms with van der Waals surface area (Å²) in [6.45, 7) is 4.04. The van der Waals surface area contributed by atoms with Crippen LogP contribution < -0.4 is 0 Å². The van der Waals surface area contributed by atoms with Gasteiger partial charge in [0, 0.05) is 26.1 Å². The van der Waals surface area contributed by atoms with Crippen molar-refractivity contribution in [1.29, 1.82) is 0 Å². The smallest absolute Gasteiger partial charge is 0.263 e. The minimum Gasteiger partial charge on any atom is -0.384 e. The number of aryl methyl sites for hydroxylation is 1. The van der Waals surface area contributed by atoms with Gasteiger partial charge in [0.05, 0.1) is 16.4 Å². The van der Waals surface area contributed by atoms with E-state index in [1.807, 2.05) is 17.9 Å². The standard InChI is InChI=1S/C15H19NO3S/c1-11-8-14(20-13(11)4-3-7-17)15(18)16-6-5-12(9-16)10-19-2/h8,12,17H,5-7,9-10H2,1-2H3. The van der Waals surface area contributed by atoms with Gasteiger partial charge in [-0.25, -0.2) is 0 Å². The van der Waals surface area contributed by atoms with Crippen molar-refractivity contribution in [1.82, 2.24) is 4.90 Å². The van der Waals surface area contributed by atoms with Crippen molar-refractivity contribution in [3.8, 4) is 11.8 Å². The number of likely N-dealkylation sites (tertiary alicyclic amines) is 1. The maximum Gasteiger partial charge on any atom is 0.263 e. The van der Waals surface area contributed by atoms with Gasteiger partial charge in [0.15, 0.2) is 0 Å². The second-order valence-corrected chi connectivity index (χ2v) is 6.00. The predicted molar refractivity (Wildman–Crippen MR) is 78.9 cm³/mol. The molecule has 20 heavy (non-hydrogen) atoms. The topological polar surface area (TPSA) is 49.8 Å². The number of ether oxygens (including phenoxy) is 1. The zero-order chi connectivity index (χ0) is 14.5. The van der Waals surface area contributed by atoms with Crippen LogP contribution in [0, 0.1) is 24.7 Å². The molecule has 1 amide bonds. The molecule has 0 spiro atoms. The lowest BCUT2D eigenvalue weighted by Gasteiger charge is -2.15. The molecule has 1 aromatic rings. The van der Waals surface area contributed by atoms with Crippen molar-refractivity contribution < 1.29 is 14.6 Å². The first-order valence-corrected chi connectivity index (χ1v) is 7.45. The summed E-state index contributed by atoms with van der Waals surface area (Å²) in [5.41, 5.74) is 0.993. The Morgan fingerprint density at radius 2 is 2.45 bits per heavy atom. The summed E-state index contributed by atoms with van der Waals surface area (Å²) in [4.78, 5) is 15.9. The van der Waals surface area contributed by atoms with Gasteiger partial charge in [-0.1, -0.05) is 11.8 Å². The fraction of sp³-hybridized carbons (Fsp3) is 0.533. The molecule has 2 heterocycles. The largest absolute Gasteiger partial charge is 0.384 e. The molecule has 5 heteroatoms. The van der Waals surface area contributed by atoms with E-state index >= 15 is 0 Å². The minimum atomic E-state index is -0.161. The van der Waals surface area contributed by atoms with Gasteiger partial charge in [0.1, 0.15) is 6.61 Å². The Morgan fingerprint density at radius 1 is 1.65 bits per heavy atom. The molecule has 2 rings (SSSR count). The van der Waals surface area contributed by atoms with E-state index in [0.717, 1.165) is 34.8 Å². The fourth-order valence-corrected chi connectivity index (χ4v) is 3.39. The lowest BCUT2D eigenvalue weighted by molar-refractivity contribution is 0.0780. The van der Waals surface area contributed by atoms with Crippen molar-refractivity contribution in [2.45, 2.75) is 13.3 Å². The first-order chi connectivity index (χ1) is 9.65. The van der Waals surface area contributed by atoms with Crippen LogP contribution in [-0.4, -0.2) is 49.3 Å². The van der Waals surface area contributed by atoms with E-state index < -0.39 is 0 Å². The number of rotatable bonds is 3. The molecule has 1 saturated heterocycles. The van der Waals surface area contributed by atoms with Crippen LogP contribution in [0.5, 0.6) is 0 Å². The summed E-state index contributed by atoms with van der Waals surface area (Å²) in [5.74, 6) is 6.03.